The van der Waals surface area contributed by atoms with Crippen molar-refractivity contribution in [2.45, 2.75) is 12.3 Å². The van der Waals surface area contributed by atoms with Crippen LogP contribution in [0, 0.1) is 0 Å². The number of hydrogen-bond donors (Lipinski definition) is 0. The average Bonchev–Trinajstić information content (AvgIpc) is 3.18. The van der Waals surface area contributed by atoms with E-state index in [1.165, 1.54) is 6.92 Å². The predicted molar refractivity (Wildman–Crippen MR) is 141 cm³/mol. The lowest BCUT2D eigenvalue weighted by atomic mass is 9.69. The van der Waals surface area contributed by atoms with Gasteiger partial charge in [-0.15, -0.1) is 0 Å². The fourth-order valence-corrected chi connectivity index (χ4v) is 5.10. The van der Waals surface area contributed by atoms with Crippen molar-refractivity contribution in [2.24, 2.45) is 0 Å². The Balaban J connectivity index is 1.56. The smallest absolute Gasteiger partial charge is 0.302 e. The largest absolute Gasteiger partial charge is 0.491 e. The number of carbonyl (C=O) groups is 2. The third-order valence-electron chi connectivity index (χ3n) is 6.68. The van der Waals surface area contributed by atoms with E-state index in [2.05, 4.69) is 0 Å². The molecule has 1 unspecified atom stereocenters. The Morgan fingerprint density at radius 1 is 0.730 bits per heavy atom. The number of methoxy groups -OCH3 is 1. The van der Waals surface area contributed by atoms with Crippen LogP contribution < -0.4 is 9.47 Å². The molecule has 0 amide bonds. The highest BCUT2D eigenvalue weighted by atomic mass is 16.6. The van der Waals surface area contributed by atoms with Gasteiger partial charge in [0.25, 0.3) is 0 Å². The maximum absolute atomic E-state index is 14.3. The second-order valence-electron chi connectivity index (χ2n) is 8.87. The van der Waals surface area contributed by atoms with Crippen LogP contribution in [-0.2, 0) is 19.7 Å². The lowest BCUT2D eigenvalue weighted by Crippen LogP contribution is -2.35. The summed E-state index contributed by atoms with van der Waals surface area (Å²) in [6, 6.07) is 27.3. The van der Waals surface area contributed by atoms with Gasteiger partial charge in [0.05, 0.1) is 6.61 Å². The van der Waals surface area contributed by atoms with E-state index in [4.69, 9.17) is 18.9 Å². The van der Waals surface area contributed by atoms with Crippen LogP contribution in [0.25, 0.3) is 10.8 Å². The van der Waals surface area contributed by atoms with Crippen LogP contribution in [0.1, 0.15) is 34.0 Å². The molecule has 6 heteroatoms. The van der Waals surface area contributed by atoms with Gasteiger partial charge >= 0.3 is 5.97 Å². The summed E-state index contributed by atoms with van der Waals surface area (Å²) in [6.07, 6.45) is 0. The van der Waals surface area contributed by atoms with Gasteiger partial charge in [-0.25, -0.2) is 0 Å². The third-order valence-corrected chi connectivity index (χ3v) is 6.68. The lowest BCUT2D eigenvalue weighted by Gasteiger charge is -2.31. The van der Waals surface area contributed by atoms with Gasteiger partial charge in [-0.1, -0.05) is 60.7 Å². The first-order chi connectivity index (χ1) is 18.1. The van der Waals surface area contributed by atoms with Crippen molar-refractivity contribution in [3.05, 3.63) is 107 Å². The van der Waals surface area contributed by atoms with Crippen LogP contribution in [0.3, 0.4) is 0 Å². The molecule has 0 N–H and O–H groups in total. The fraction of sp³-hybridized carbons (Fsp3) is 0.226. The molecule has 0 fully saturated rings. The van der Waals surface area contributed by atoms with Crippen molar-refractivity contribution < 1.29 is 28.5 Å². The van der Waals surface area contributed by atoms with Gasteiger partial charge in [0, 0.05) is 19.6 Å². The van der Waals surface area contributed by atoms with Gasteiger partial charge in [0.1, 0.15) is 36.7 Å². The number of hydrogen-bond acceptors (Lipinski definition) is 6. The minimum Gasteiger partial charge on any atom is -0.491 e. The van der Waals surface area contributed by atoms with Gasteiger partial charge in [-0.3, -0.25) is 9.59 Å². The highest BCUT2D eigenvalue weighted by Gasteiger charge is 2.50. The number of ether oxygens (including phenoxy) is 4. The second kappa shape index (κ2) is 10.4. The Morgan fingerprint density at radius 3 is 1.86 bits per heavy atom. The summed E-state index contributed by atoms with van der Waals surface area (Å²) in [4.78, 5) is 25.3. The summed E-state index contributed by atoms with van der Waals surface area (Å²) < 4.78 is 21.5. The highest BCUT2D eigenvalue weighted by Crippen LogP contribution is 2.51. The Kier molecular flexibility index (Phi) is 6.93. The molecular formula is C31H28O6. The van der Waals surface area contributed by atoms with Gasteiger partial charge in [0.2, 0.25) is 0 Å². The van der Waals surface area contributed by atoms with E-state index in [1.807, 2.05) is 84.9 Å². The van der Waals surface area contributed by atoms with Crippen molar-refractivity contribution in [3.63, 3.8) is 0 Å². The molecule has 37 heavy (non-hydrogen) atoms. The van der Waals surface area contributed by atoms with E-state index in [0.717, 1.165) is 33.0 Å². The normalized spacial score (nSPS) is 16.1. The number of ketones is 1. The molecule has 4 aromatic rings. The summed E-state index contributed by atoms with van der Waals surface area (Å²) in [5, 5.41) is 2.02. The van der Waals surface area contributed by atoms with Crippen LogP contribution >= 0.6 is 0 Å². The van der Waals surface area contributed by atoms with E-state index >= 15 is 0 Å². The lowest BCUT2D eigenvalue weighted by molar-refractivity contribution is -0.141. The Morgan fingerprint density at radius 2 is 1.30 bits per heavy atom. The molecule has 1 aliphatic rings. The molecule has 0 bridgehead atoms. The molecule has 0 spiro atoms. The summed E-state index contributed by atoms with van der Waals surface area (Å²) in [6.45, 7) is 2.73. The summed E-state index contributed by atoms with van der Waals surface area (Å²) >= 11 is 0. The topological polar surface area (TPSA) is 71.1 Å². The average molecular weight is 497 g/mol. The molecule has 1 atom stereocenters. The Bertz CT molecular complexity index is 1420. The SMILES string of the molecule is COCCOc1ccc(C2(c3ccc(OCCOC(C)=O)cc3)C(=O)c3cccc4cccc2c34)cc1. The molecule has 188 valence electrons. The summed E-state index contributed by atoms with van der Waals surface area (Å²) in [7, 11) is 1.64. The monoisotopic (exact) mass is 496 g/mol. The zero-order chi connectivity index (χ0) is 25.8. The van der Waals surface area contributed by atoms with Crippen LogP contribution in [0.4, 0.5) is 0 Å². The minimum atomic E-state index is -1.01. The van der Waals surface area contributed by atoms with Crippen molar-refractivity contribution >= 4 is 22.5 Å². The van der Waals surface area contributed by atoms with Crippen molar-refractivity contribution in [2.75, 3.05) is 33.5 Å². The number of Topliss-reactive ketones (excluding diaryl/α,β-unsaturated/α-hetero) is 1. The molecule has 4 aromatic carbocycles. The third kappa shape index (κ3) is 4.45. The van der Waals surface area contributed by atoms with E-state index in [-0.39, 0.29) is 25.0 Å². The van der Waals surface area contributed by atoms with E-state index < -0.39 is 5.41 Å². The fourth-order valence-electron chi connectivity index (χ4n) is 5.10. The van der Waals surface area contributed by atoms with Gasteiger partial charge < -0.3 is 18.9 Å². The Hall–Kier alpha value is -4.16. The quantitative estimate of drug-likeness (QED) is 0.218. The molecule has 6 nitrogen and oxygen atoms in total. The standard InChI is InChI=1S/C31H28O6/c1-21(32)35-19-20-37-26-15-11-24(12-16-26)31(23-9-13-25(14-10-23)36-18-17-34-2)28-8-4-6-22-5-3-7-27(29(22)28)30(31)33/h3-16H,17-20H2,1-2H3. The summed E-state index contributed by atoms with van der Waals surface area (Å²) in [5.41, 5.74) is 2.38. The molecular weight excluding hydrogens is 468 g/mol. The van der Waals surface area contributed by atoms with E-state index in [9.17, 15) is 9.59 Å². The second-order valence-corrected chi connectivity index (χ2v) is 8.87. The van der Waals surface area contributed by atoms with Gasteiger partial charge in [0.15, 0.2) is 5.78 Å². The highest BCUT2D eigenvalue weighted by molar-refractivity contribution is 6.23. The molecule has 0 saturated heterocycles. The predicted octanol–water partition coefficient (Wildman–Crippen LogP) is 5.34. The Labute approximate surface area is 215 Å². The molecule has 5 rings (SSSR count). The molecule has 0 aromatic heterocycles. The number of carbonyl (C=O) groups excluding carboxylic acids is 2. The minimum absolute atomic E-state index is 0.0378. The van der Waals surface area contributed by atoms with E-state index in [0.29, 0.717) is 24.7 Å². The maximum atomic E-state index is 14.3. The van der Waals surface area contributed by atoms with Crippen LogP contribution in [0.5, 0.6) is 11.5 Å². The molecule has 1 aliphatic carbocycles. The zero-order valence-corrected chi connectivity index (χ0v) is 20.9. The maximum Gasteiger partial charge on any atom is 0.302 e. The van der Waals surface area contributed by atoms with Crippen molar-refractivity contribution in [1.82, 2.24) is 0 Å². The van der Waals surface area contributed by atoms with Crippen LogP contribution in [0.15, 0.2) is 84.9 Å². The van der Waals surface area contributed by atoms with E-state index in [1.54, 1.807) is 7.11 Å². The first-order valence-electron chi connectivity index (χ1n) is 12.2. The molecule has 0 saturated carbocycles. The first kappa shape index (κ1) is 24.5. The van der Waals surface area contributed by atoms with Gasteiger partial charge in [-0.2, -0.15) is 0 Å². The van der Waals surface area contributed by atoms with Crippen LogP contribution in [-0.4, -0.2) is 45.3 Å². The molecule has 0 aliphatic heterocycles. The molecule has 0 radical (unpaired) electrons. The molecule has 0 heterocycles. The number of rotatable bonds is 10. The number of benzene rings is 4. The summed E-state index contributed by atoms with van der Waals surface area (Å²) in [5.74, 6) is 1.04. The first-order valence-corrected chi connectivity index (χ1v) is 12.2. The van der Waals surface area contributed by atoms with Crippen molar-refractivity contribution in [3.8, 4) is 11.5 Å². The van der Waals surface area contributed by atoms with Gasteiger partial charge in [-0.05, 0) is 51.7 Å². The van der Waals surface area contributed by atoms with Crippen LogP contribution in [0.2, 0.25) is 0 Å². The number of esters is 1. The van der Waals surface area contributed by atoms with Crippen molar-refractivity contribution in [1.29, 1.82) is 0 Å². The zero-order valence-electron chi connectivity index (χ0n) is 20.9.